The summed E-state index contributed by atoms with van der Waals surface area (Å²) in [5.41, 5.74) is 4.04. The quantitative estimate of drug-likeness (QED) is 0.778. The van der Waals surface area contributed by atoms with Crippen LogP contribution in [-0.2, 0) is 11.2 Å². The third-order valence-electron chi connectivity index (χ3n) is 6.72. The number of ketones is 1. The van der Waals surface area contributed by atoms with Crippen molar-refractivity contribution in [2.45, 2.75) is 58.3 Å². The van der Waals surface area contributed by atoms with Crippen LogP contribution in [0, 0.1) is 24.2 Å². The van der Waals surface area contributed by atoms with Gasteiger partial charge in [0.2, 0.25) is 0 Å². The van der Waals surface area contributed by atoms with Crippen molar-refractivity contribution < 1.29 is 9.90 Å². The predicted molar refractivity (Wildman–Crippen MR) is 82.5 cm³/mol. The summed E-state index contributed by atoms with van der Waals surface area (Å²) in [7, 11) is 0. The van der Waals surface area contributed by atoms with Crippen LogP contribution in [-0.4, -0.2) is 10.9 Å². The summed E-state index contributed by atoms with van der Waals surface area (Å²) in [6, 6.07) is 3.88. The summed E-state index contributed by atoms with van der Waals surface area (Å²) < 4.78 is 0. The lowest BCUT2D eigenvalue weighted by molar-refractivity contribution is -0.129. The fourth-order valence-corrected chi connectivity index (χ4v) is 5.73. The van der Waals surface area contributed by atoms with Gasteiger partial charge in [0.25, 0.3) is 0 Å². The molecule has 3 aliphatic rings. The average molecular weight is 284 g/mol. The van der Waals surface area contributed by atoms with Crippen LogP contribution >= 0.6 is 0 Å². The molecule has 4 rings (SSSR count). The summed E-state index contributed by atoms with van der Waals surface area (Å²) in [6.07, 6.45) is 6.34. The van der Waals surface area contributed by atoms with E-state index in [1.807, 2.05) is 12.1 Å². The van der Waals surface area contributed by atoms with E-state index in [-0.39, 0.29) is 5.41 Å². The molecule has 0 heterocycles. The molecule has 1 N–H and O–H groups in total. The number of aryl methyl sites for hydroxylation is 2. The largest absolute Gasteiger partial charge is 0.508 e. The van der Waals surface area contributed by atoms with Gasteiger partial charge in [-0.2, -0.15) is 0 Å². The lowest BCUT2D eigenvalue weighted by atomic mass is 9.55. The molecule has 112 valence electrons. The lowest BCUT2D eigenvalue weighted by Gasteiger charge is -2.48. The summed E-state index contributed by atoms with van der Waals surface area (Å²) in [5, 5.41) is 9.85. The first kappa shape index (κ1) is 13.4. The van der Waals surface area contributed by atoms with Gasteiger partial charge < -0.3 is 5.11 Å². The molecule has 21 heavy (non-hydrogen) atoms. The number of hydrogen-bond acceptors (Lipinski definition) is 2. The second kappa shape index (κ2) is 4.34. The molecule has 0 aromatic heterocycles. The van der Waals surface area contributed by atoms with Gasteiger partial charge in [-0.05, 0) is 85.6 Å². The Kier molecular flexibility index (Phi) is 2.76. The van der Waals surface area contributed by atoms with E-state index in [4.69, 9.17) is 0 Å². The zero-order valence-electron chi connectivity index (χ0n) is 13.0. The lowest BCUT2D eigenvalue weighted by Crippen LogP contribution is -2.42. The van der Waals surface area contributed by atoms with E-state index in [0.29, 0.717) is 29.3 Å². The minimum atomic E-state index is -0.0382. The smallest absolute Gasteiger partial charge is 0.139 e. The molecule has 0 amide bonds. The van der Waals surface area contributed by atoms with Crippen LogP contribution in [0.4, 0.5) is 0 Å². The topological polar surface area (TPSA) is 37.3 Å². The van der Waals surface area contributed by atoms with E-state index in [1.165, 1.54) is 23.1 Å². The van der Waals surface area contributed by atoms with Gasteiger partial charge in [-0.3, -0.25) is 4.79 Å². The highest BCUT2D eigenvalue weighted by molar-refractivity contribution is 5.87. The molecular weight excluding hydrogens is 260 g/mol. The Balaban J connectivity index is 1.77. The molecule has 0 aliphatic heterocycles. The molecule has 2 fully saturated rings. The van der Waals surface area contributed by atoms with Crippen molar-refractivity contribution in [3.8, 4) is 5.75 Å². The van der Waals surface area contributed by atoms with Crippen molar-refractivity contribution in [1.29, 1.82) is 0 Å². The molecular formula is C19H24O2. The van der Waals surface area contributed by atoms with Gasteiger partial charge in [0.1, 0.15) is 11.5 Å². The van der Waals surface area contributed by atoms with Crippen molar-refractivity contribution in [1.82, 2.24) is 0 Å². The molecule has 2 heteroatoms. The van der Waals surface area contributed by atoms with Crippen LogP contribution in [0.2, 0.25) is 0 Å². The number of benzene rings is 1. The van der Waals surface area contributed by atoms with E-state index >= 15 is 0 Å². The Morgan fingerprint density at radius 3 is 2.81 bits per heavy atom. The maximum absolute atomic E-state index is 12.3. The second-order valence-electron chi connectivity index (χ2n) is 7.67. The van der Waals surface area contributed by atoms with Gasteiger partial charge in [0.05, 0.1) is 0 Å². The highest BCUT2D eigenvalue weighted by Crippen LogP contribution is 2.60. The molecule has 0 unspecified atom stereocenters. The number of fused-ring (bicyclic) bond motifs is 5. The Morgan fingerprint density at radius 1 is 1.19 bits per heavy atom. The van der Waals surface area contributed by atoms with Crippen molar-refractivity contribution in [2.75, 3.05) is 0 Å². The van der Waals surface area contributed by atoms with Gasteiger partial charge in [-0.15, -0.1) is 0 Å². The number of Topliss-reactive ketones (excluding diaryl/α,β-unsaturated/α-hetero) is 1. The van der Waals surface area contributed by atoms with Gasteiger partial charge in [0, 0.05) is 11.8 Å². The summed E-state index contributed by atoms with van der Waals surface area (Å²) in [6.45, 7) is 4.36. The first-order valence-corrected chi connectivity index (χ1v) is 8.36. The number of rotatable bonds is 0. The number of aromatic hydroxyl groups is 1. The molecule has 1 aromatic rings. The number of carbonyl (C=O) groups is 1. The average Bonchev–Trinajstić information content (AvgIpc) is 2.74. The highest BCUT2D eigenvalue weighted by atomic mass is 16.3. The molecule has 0 bridgehead atoms. The van der Waals surface area contributed by atoms with Gasteiger partial charge in [-0.1, -0.05) is 6.92 Å². The van der Waals surface area contributed by atoms with Crippen molar-refractivity contribution in [3.05, 3.63) is 28.8 Å². The SMILES string of the molecule is Cc1cc(O)cc2c1[C@H]1CC[C@]3(C)C(=O)CC[C@H]3[C@@H]1CC2. The van der Waals surface area contributed by atoms with Crippen LogP contribution in [0.15, 0.2) is 12.1 Å². The van der Waals surface area contributed by atoms with Crippen molar-refractivity contribution >= 4 is 5.78 Å². The van der Waals surface area contributed by atoms with Gasteiger partial charge >= 0.3 is 0 Å². The van der Waals surface area contributed by atoms with Crippen molar-refractivity contribution in [2.24, 2.45) is 17.3 Å². The second-order valence-corrected chi connectivity index (χ2v) is 7.67. The van der Waals surface area contributed by atoms with Crippen LogP contribution in [0.3, 0.4) is 0 Å². The van der Waals surface area contributed by atoms with Crippen molar-refractivity contribution in [3.63, 3.8) is 0 Å². The monoisotopic (exact) mass is 284 g/mol. The normalized spacial score (nSPS) is 37.8. The summed E-state index contributed by atoms with van der Waals surface area (Å²) in [5.74, 6) is 2.79. The van der Waals surface area contributed by atoms with Crippen LogP contribution in [0.5, 0.6) is 5.75 Å². The Morgan fingerprint density at radius 2 is 2.00 bits per heavy atom. The molecule has 3 aliphatic carbocycles. The first-order chi connectivity index (χ1) is 10.0. The first-order valence-electron chi connectivity index (χ1n) is 8.36. The zero-order valence-corrected chi connectivity index (χ0v) is 13.0. The number of phenolic OH excluding ortho intramolecular Hbond substituents is 1. The molecule has 4 atom stereocenters. The molecule has 0 spiro atoms. The number of hydrogen-bond donors (Lipinski definition) is 1. The zero-order chi connectivity index (χ0) is 14.8. The molecule has 2 nitrogen and oxygen atoms in total. The molecule has 0 saturated heterocycles. The molecule has 0 radical (unpaired) electrons. The fourth-order valence-electron chi connectivity index (χ4n) is 5.73. The summed E-state index contributed by atoms with van der Waals surface area (Å²) >= 11 is 0. The maximum Gasteiger partial charge on any atom is 0.139 e. The minimum absolute atomic E-state index is 0.0382. The van der Waals surface area contributed by atoms with E-state index < -0.39 is 0 Å². The van der Waals surface area contributed by atoms with Crippen LogP contribution in [0.25, 0.3) is 0 Å². The van der Waals surface area contributed by atoms with Crippen LogP contribution < -0.4 is 0 Å². The standard InChI is InChI=1S/C19H24O2/c1-11-9-13(20)10-12-3-4-14-15(18(11)12)7-8-19(2)16(14)5-6-17(19)21/h9-10,14-16,20H,3-8H2,1-2H3/t14-,15+,16+,19+/m1/s1. The predicted octanol–water partition coefficient (Wildman–Crippen LogP) is 4.13. The Labute approximate surface area is 126 Å². The van der Waals surface area contributed by atoms with Crippen LogP contribution in [0.1, 0.15) is 61.6 Å². The fraction of sp³-hybridized carbons (Fsp3) is 0.632. The van der Waals surface area contributed by atoms with Gasteiger partial charge in [-0.25, -0.2) is 0 Å². The van der Waals surface area contributed by atoms with E-state index in [0.717, 1.165) is 32.1 Å². The van der Waals surface area contributed by atoms with E-state index in [1.54, 1.807) is 0 Å². The number of carbonyl (C=O) groups excluding carboxylic acids is 1. The summed E-state index contributed by atoms with van der Waals surface area (Å²) in [4.78, 5) is 12.3. The van der Waals surface area contributed by atoms with Gasteiger partial charge in [0.15, 0.2) is 0 Å². The highest BCUT2D eigenvalue weighted by Gasteiger charge is 2.54. The number of phenols is 1. The maximum atomic E-state index is 12.3. The third-order valence-corrected chi connectivity index (χ3v) is 6.72. The third kappa shape index (κ3) is 1.74. The van der Waals surface area contributed by atoms with E-state index in [9.17, 15) is 9.90 Å². The Hall–Kier alpha value is -1.31. The molecule has 2 saturated carbocycles. The van der Waals surface area contributed by atoms with E-state index in [2.05, 4.69) is 13.8 Å². The molecule has 1 aromatic carbocycles. The Bertz CT molecular complexity index is 618. The minimum Gasteiger partial charge on any atom is -0.508 e.